The Morgan fingerprint density at radius 3 is 2.79 bits per heavy atom. The summed E-state index contributed by atoms with van der Waals surface area (Å²) in [6.07, 6.45) is 2.72. The maximum Gasteiger partial charge on any atom is 0.247 e. The van der Waals surface area contributed by atoms with Crippen molar-refractivity contribution in [3.05, 3.63) is 17.5 Å². The Morgan fingerprint density at radius 1 is 1.43 bits per heavy atom. The first-order chi connectivity index (χ1) is 6.47. The summed E-state index contributed by atoms with van der Waals surface area (Å²) in [6, 6.07) is 0. The minimum absolute atomic E-state index is 0.0773. The molecule has 1 aliphatic rings. The lowest BCUT2D eigenvalue weighted by atomic mass is 10.3. The van der Waals surface area contributed by atoms with Gasteiger partial charge in [-0.25, -0.2) is 18.4 Å². The molecule has 2 rings (SSSR count). The van der Waals surface area contributed by atoms with Crippen LogP contribution < -0.4 is 0 Å². The molecule has 5 nitrogen and oxygen atoms in total. The fourth-order valence-electron chi connectivity index (χ4n) is 1.47. The van der Waals surface area contributed by atoms with Crippen molar-refractivity contribution in [3.8, 4) is 0 Å². The zero-order chi connectivity index (χ0) is 10.3. The van der Waals surface area contributed by atoms with Gasteiger partial charge in [0, 0.05) is 31.1 Å². The van der Waals surface area contributed by atoms with Gasteiger partial charge in [0.2, 0.25) is 15.0 Å². The quantitative estimate of drug-likeness (QED) is 0.606. The number of sulfone groups is 1. The molecule has 14 heavy (non-hydrogen) atoms. The molecule has 1 aromatic heterocycles. The summed E-state index contributed by atoms with van der Waals surface area (Å²) in [5.74, 6) is 0. The molecular formula is C8H11N3O2S. The van der Waals surface area contributed by atoms with Crippen LogP contribution in [0.3, 0.4) is 0 Å². The van der Waals surface area contributed by atoms with Gasteiger partial charge in [0.25, 0.3) is 0 Å². The molecule has 1 aliphatic heterocycles. The third-order valence-electron chi connectivity index (χ3n) is 2.12. The molecule has 76 valence electrons. The minimum Gasteiger partial charge on any atom is -0.296 e. The van der Waals surface area contributed by atoms with Gasteiger partial charge in [-0.15, -0.1) is 0 Å². The number of hydrogen-bond donors (Lipinski definition) is 0. The molecule has 0 aromatic carbocycles. The summed E-state index contributed by atoms with van der Waals surface area (Å²) in [5.41, 5.74) is 1.84. The third-order valence-corrected chi connectivity index (χ3v) is 2.98. The number of aromatic nitrogens is 2. The van der Waals surface area contributed by atoms with Crippen LogP contribution in [0.1, 0.15) is 11.3 Å². The van der Waals surface area contributed by atoms with E-state index >= 15 is 0 Å². The highest BCUT2D eigenvalue weighted by Gasteiger charge is 2.20. The van der Waals surface area contributed by atoms with Gasteiger partial charge in [-0.1, -0.05) is 0 Å². The van der Waals surface area contributed by atoms with E-state index in [1.165, 1.54) is 0 Å². The summed E-state index contributed by atoms with van der Waals surface area (Å²) < 4.78 is 22.4. The highest BCUT2D eigenvalue weighted by molar-refractivity contribution is 7.90. The van der Waals surface area contributed by atoms with Crippen LogP contribution in [0.15, 0.2) is 11.4 Å². The van der Waals surface area contributed by atoms with Gasteiger partial charge >= 0.3 is 0 Å². The summed E-state index contributed by atoms with van der Waals surface area (Å²) in [5, 5.41) is -0.0773. The fourth-order valence-corrected chi connectivity index (χ4v) is 1.99. The fraction of sp³-hybridized carbons (Fsp3) is 0.500. The molecule has 0 atom stereocenters. The largest absolute Gasteiger partial charge is 0.296 e. The molecule has 0 unspecified atom stereocenters. The number of nitrogens with zero attached hydrogens (tertiary/aromatic N) is 3. The van der Waals surface area contributed by atoms with Crippen molar-refractivity contribution in [1.29, 1.82) is 0 Å². The summed E-state index contributed by atoms with van der Waals surface area (Å²) in [4.78, 5) is 9.93. The van der Waals surface area contributed by atoms with Crippen LogP contribution in [0.5, 0.6) is 0 Å². The second-order valence-corrected chi connectivity index (χ2v) is 5.48. The molecule has 0 amide bonds. The first-order valence-electron chi connectivity index (χ1n) is 4.20. The van der Waals surface area contributed by atoms with E-state index in [-0.39, 0.29) is 5.16 Å². The highest BCUT2D eigenvalue weighted by atomic mass is 32.2. The molecule has 0 saturated heterocycles. The van der Waals surface area contributed by atoms with Crippen LogP contribution in [-0.4, -0.2) is 36.6 Å². The predicted octanol–water partition coefficient (Wildman–Crippen LogP) is -0.174. The van der Waals surface area contributed by atoms with Crippen LogP contribution >= 0.6 is 0 Å². The van der Waals surface area contributed by atoms with Gasteiger partial charge in [0.1, 0.15) is 0 Å². The lowest BCUT2D eigenvalue weighted by Crippen LogP contribution is -2.08. The van der Waals surface area contributed by atoms with Crippen LogP contribution in [0.25, 0.3) is 0 Å². The SMILES string of the molecule is CN1Cc2cnc(S(C)(=O)=O)nc2C1. The standard InChI is InChI=1S/C8H11N3O2S/c1-11-4-6-3-9-8(14(2,12)13)10-7(6)5-11/h3H,4-5H2,1-2H3. The average molecular weight is 213 g/mol. The molecule has 0 saturated carbocycles. The van der Waals surface area contributed by atoms with Crippen molar-refractivity contribution < 1.29 is 8.42 Å². The smallest absolute Gasteiger partial charge is 0.247 e. The highest BCUT2D eigenvalue weighted by Crippen LogP contribution is 2.19. The van der Waals surface area contributed by atoms with Crippen molar-refractivity contribution in [1.82, 2.24) is 14.9 Å². The average Bonchev–Trinajstić information content (AvgIpc) is 2.41. The van der Waals surface area contributed by atoms with E-state index in [9.17, 15) is 8.42 Å². The summed E-state index contributed by atoms with van der Waals surface area (Å²) in [7, 11) is -1.32. The Bertz CT molecular complexity index is 469. The Hall–Kier alpha value is -1.01. The van der Waals surface area contributed by atoms with E-state index in [0.29, 0.717) is 6.54 Å². The van der Waals surface area contributed by atoms with Crippen LogP contribution in [0.4, 0.5) is 0 Å². The van der Waals surface area contributed by atoms with E-state index in [1.807, 2.05) is 7.05 Å². The monoisotopic (exact) mass is 213 g/mol. The lowest BCUT2D eigenvalue weighted by Gasteiger charge is -2.01. The number of hydrogen-bond acceptors (Lipinski definition) is 5. The first kappa shape index (κ1) is 9.54. The molecule has 0 N–H and O–H groups in total. The van der Waals surface area contributed by atoms with E-state index in [1.54, 1.807) is 6.20 Å². The molecule has 0 aliphatic carbocycles. The molecule has 0 fully saturated rings. The third kappa shape index (κ3) is 1.62. The van der Waals surface area contributed by atoms with Gasteiger partial charge in [0.15, 0.2) is 0 Å². The van der Waals surface area contributed by atoms with Crippen LogP contribution in [0.2, 0.25) is 0 Å². The van der Waals surface area contributed by atoms with E-state index in [4.69, 9.17) is 0 Å². The molecule has 1 aromatic rings. The van der Waals surface area contributed by atoms with Gasteiger partial charge in [0.05, 0.1) is 5.69 Å². The van der Waals surface area contributed by atoms with E-state index < -0.39 is 9.84 Å². The summed E-state index contributed by atoms with van der Waals surface area (Å²) >= 11 is 0. The van der Waals surface area contributed by atoms with Gasteiger partial charge in [-0.2, -0.15) is 0 Å². The summed E-state index contributed by atoms with van der Waals surface area (Å²) in [6.45, 7) is 1.49. The van der Waals surface area contributed by atoms with Crippen molar-refractivity contribution in [2.24, 2.45) is 0 Å². The van der Waals surface area contributed by atoms with Crippen molar-refractivity contribution in [2.45, 2.75) is 18.2 Å². The lowest BCUT2D eigenvalue weighted by molar-refractivity contribution is 0.351. The maximum atomic E-state index is 11.2. The van der Waals surface area contributed by atoms with E-state index in [0.717, 1.165) is 24.1 Å². The first-order valence-corrected chi connectivity index (χ1v) is 6.09. The molecule has 6 heteroatoms. The normalized spacial score (nSPS) is 17.0. The Balaban J connectivity index is 2.48. The van der Waals surface area contributed by atoms with Gasteiger partial charge in [-0.3, -0.25) is 4.90 Å². The Kier molecular flexibility index (Phi) is 2.04. The molecule has 0 spiro atoms. The zero-order valence-electron chi connectivity index (χ0n) is 8.06. The molecule has 2 heterocycles. The Labute approximate surface area is 82.7 Å². The predicted molar refractivity (Wildman–Crippen MR) is 50.3 cm³/mol. The van der Waals surface area contributed by atoms with Crippen LogP contribution in [0, 0.1) is 0 Å². The number of rotatable bonds is 1. The second kappa shape index (κ2) is 2.99. The van der Waals surface area contributed by atoms with Gasteiger partial charge < -0.3 is 0 Å². The topological polar surface area (TPSA) is 63.2 Å². The minimum atomic E-state index is -3.28. The molecule has 0 bridgehead atoms. The van der Waals surface area contributed by atoms with Crippen molar-refractivity contribution >= 4 is 9.84 Å². The van der Waals surface area contributed by atoms with E-state index in [2.05, 4.69) is 14.9 Å². The number of fused-ring (bicyclic) bond motifs is 1. The van der Waals surface area contributed by atoms with Crippen molar-refractivity contribution in [2.75, 3.05) is 13.3 Å². The van der Waals surface area contributed by atoms with Gasteiger partial charge in [-0.05, 0) is 7.05 Å². The maximum absolute atomic E-state index is 11.2. The second-order valence-electron chi connectivity index (χ2n) is 3.57. The Morgan fingerprint density at radius 2 is 2.14 bits per heavy atom. The molecule has 0 radical (unpaired) electrons. The molecular weight excluding hydrogens is 202 g/mol. The van der Waals surface area contributed by atoms with Crippen molar-refractivity contribution in [3.63, 3.8) is 0 Å². The zero-order valence-corrected chi connectivity index (χ0v) is 8.87. The van der Waals surface area contributed by atoms with Crippen LogP contribution in [-0.2, 0) is 22.9 Å².